The zero-order chi connectivity index (χ0) is 13.0. The van der Waals surface area contributed by atoms with Crippen LogP contribution in [0.15, 0.2) is 16.6 Å². The van der Waals surface area contributed by atoms with Gasteiger partial charge in [-0.15, -0.1) is 0 Å². The van der Waals surface area contributed by atoms with Gasteiger partial charge in [0.15, 0.2) is 0 Å². The minimum absolute atomic E-state index is 0.0260. The molecule has 0 aliphatic heterocycles. The zero-order valence-corrected chi connectivity index (χ0v) is 11.7. The summed E-state index contributed by atoms with van der Waals surface area (Å²) in [4.78, 5) is 12.5. The van der Waals surface area contributed by atoms with Gasteiger partial charge in [-0.3, -0.25) is 10.1 Å². The molecule has 17 heavy (non-hydrogen) atoms. The van der Waals surface area contributed by atoms with Crippen molar-refractivity contribution in [3.05, 3.63) is 32.3 Å². The summed E-state index contributed by atoms with van der Waals surface area (Å²) in [6.45, 7) is 2.82. The summed E-state index contributed by atoms with van der Waals surface area (Å²) >= 11 is 3.27. The van der Waals surface area contributed by atoms with Gasteiger partial charge in [-0.2, -0.15) is 0 Å². The van der Waals surface area contributed by atoms with E-state index >= 15 is 0 Å². The molecule has 0 radical (unpaired) electrons. The second-order valence-corrected chi connectivity index (χ2v) is 4.81. The number of hydrogen-bond donors (Lipinski definition) is 0. The Balaban J connectivity index is 2.96. The number of hydrogen-bond acceptors (Lipinski definition) is 4. The molecule has 1 rings (SSSR count). The number of benzene rings is 1. The van der Waals surface area contributed by atoms with Gasteiger partial charge in [-0.1, -0.05) is 6.07 Å². The number of nitro groups is 1. The van der Waals surface area contributed by atoms with E-state index in [4.69, 9.17) is 4.74 Å². The number of nitro benzene ring substituents is 1. The van der Waals surface area contributed by atoms with Crippen molar-refractivity contribution in [1.29, 1.82) is 0 Å². The van der Waals surface area contributed by atoms with Crippen LogP contribution in [-0.2, 0) is 0 Å². The van der Waals surface area contributed by atoms with E-state index in [1.54, 1.807) is 19.1 Å². The van der Waals surface area contributed by atoms with E-state index in [2.05, 4.69) is 15.9 Å². The van der Waals surface area contributed by atoms with E-state index in [1.807, 2.05) is 19.0 Å². The summed E-state index contributed by atoms with van der Waals surface area (Å²) in [6, 6.07) is 3.45. The van der Waals surface area contributed by atoms with Crippen molar-refractivity contribution in [2.45, 2.75) is 6.92 Å². The van der Waals surface area contributed by atoms with Crippen LogP contribution in [0.3, 0.4) is 0 Å². The van der Waals surface area contributed by atoms with Gasteiger partial charge in [0.25, 0.3) is 0 Å². The summed E-state index contributed by atoms with van der Waals surface area (Å²) in [5.74, 6) is 0.303. The van der Waals surface area contributed by atoms with Crippen LogP contribution in [-0.4, -0.2) is 37.1 Å². The summed E-state index contributed by atoms with van der Waals surface area (Å²) in [5.41, 5.74) is 0.621. The first-order valence-corrected chi connectivity index (χ1v) is 5.93. The third-order valence-corrected chi connectivity index (χ3v) is 2.88. The fourth-order valence-electron chi connectivity index (χ4n) is 1.34. The van der Waals surface area contributed by atoms with Crippen LogP contribution >= 0.6 is 15.9 Å². The molecule has 5 nitrogen and oxygen atoms in total. The van der Waals surface area contributed by atoms with E-state index in [9.17, 15) is 10.1 Å². The summed E-state index contributed by atoms with van der Waals surface area (Å²) < 4.78 is 6.10. The number of nitrogens with zero attached hydrogens (tertiary/aromatic N) is 2. The minimum atomic E-state index is -0.412. The van der Waals surface area contributed by atoms with Crippen molar-refractivity contribution >= 4 is 21.6 Å². The summed E-state index contributed by atoms with van der Waals surface area (Å²) in [7, 11) is 3.84. The highest BCUT2D eigenvalue weighted by atomic mass is 79.9. The second-order valence-electron chi connectivity index (χ2n) is 3.95. The average Bonchev–Trinajstić information content (AvgIpc) is 2.22. The van der Waals surface area contributed by atoms with Gasteiger partial charge in [-0.25, -0.2) is 0 Å². The largest absolute Gasteiger partial charge is 0.485 e. The molecule has 0 aliphatic rings. The molecular formula is C11H15BrN2O3. The Morgan fingerprint density at radius 3 is 2.65 bits per heavy atom. The highest BCUT2D eigenvalue weighted by Crippen LogP contribution is 2.37. The molecule has 0 N–H and O–H groups in total. The molecule has 0 bridgehead atoms. The average molecular weight is 303 g/mol. The first-order valence-electron chi connectivity index (χ1n) is 5.14. The Hall–Kier alpha value is -1.14. The smallest absolute Gasteiger partial charge is 0.314 e. The van der Waals surface area contributed by atoms with Crippen LogP contribution in [0.25, 0.3) is 0 Å². The van der Waals surface area contributed by atoms with E-state index < -0.39 is 4.92 Å². The standard InChI is InChI=1S/C11H15BrN2O3/c1-8-4-5-9(12)11(10(8)14(15)16)17-7-6-13(2)3/h4-5H,6-7H2,1-3H3. The number of ether oxygens (including phenoxy) is 1. The third kappa shape index (κ3) is 3.67. The number of rotatable bonds is 5. The van der Waals surface area contributed by atoms with Crippen LogP contribution in [0, 0.1) is 17.0 Å². The zero-order valence-electron chi connectivity index (χ0n) is 10.1. The van der Waals surface area contributed by atoms with Gasteiger partial charge >= 0.3 is 5.69 Å². The quantitative estimate of drug-likeness (QED) is 0.620. The maximum Gasteiger partial charge on any atom is 0.314 e. The Morgan fingerprint density at radius 1 is 1.47 bits per heavy atom. The van der Waals surface area contributed by atoms with Crippen molar-refractivity contribution in [2.24, 2.45) is 0 Å². The maximum absolute atomic E-state index is 11.0. The molecule has 0 spiro atoms. The number of aryl methyl sites for hydroxylation is 1. The first kappa shape index (κ1) is 13.9. The van der Waals surface area contributed by atoms with E-state index in [0.717, 1.165) is 0 Å². The van der Waals surface area contributed by atoms with E-state index in [-0.39, 0.29) is 5.69 Å². The molecule has 0 aliphatic carbocycles. The third-order valence-electron chi connectivity index (χ3n) is 2.25. The number of likely N-dealkylation sites (N-methyl/N-ethyl adjacent to an activating group) is 1. The van der Waals surface area contributed by atoms with Crippen molar-refractivity contribution in [3.63, 3.8) is 0 Å². The van der Waals surface area contributed by atoms with Crippen molar-refractivity contribution in [2.75, 3.05) is 27.2 Å². The first-order chi connectivity index (χ1) is 7.93. The predicted molar refractivity (Wildman–Crippen MR) is 69.6 cm³/mol. The van der Waals surface area contributed by atoms with Gasteiger partial charge in [-0.05, 0) is 43.0 Å². The lowest BCUT2D eigenvalue weighted by molar-refractivity contribution is -0.386. The van der Waals surface area contributed by atoms with Crippen LogP contribution in [0.1, 0.15) is 5.56 Å². The molecule has 0 unspecified atom stereocenters. The molecular weight excluding hydrogens is 288 g/mol. The SMILES string of the molecule is Cc1ccc(Br)c(OCCN(C)C)c1[N+](=O)[O-]. The molecule has 1 aromatic carbocycles. The molecule has 1 aromatic rings. The van der Waals surface area contributed by atoms with Crippen LogP contribution in [0.4, 0.5) is 5.69 Å². The summed E-state index contributed by atoms with van der Waals surface area (Å²) in [5, 5.41) is 11.0. The van der Waals surface area contributed by atoms with Crippen LogP contribution in [0.5, 0.6) is 5.75 Å². The van der Waals surface area contributed by atoms with E-state index in [0.29, 0.717) is 28.9 Å². The molecule has 0 saturated carbocycles. The highest BCUT2D eigenvalue weighted by molar-refractivity contribution is 9.10. The number of halogens is 1. The lowest BCUT2D eigenvalue weighted by Gasteiger charge is -2.13. The molecule has 0 atom stereocenters. The van der Waals surface area contributed by atoms with Gasteiger partial charge in [0.1, 0.15) is 6.61 Å². The van der Waals surface area contributed by atoms with Crippen molar-refractivity contribution in [1.82, 2.24) is 4.90 Å². The molecule has 6 heteroatoms. The van der Waals surface area contributed by atoms with Crippen molar-refractivity contribution in [3.8, 4) is 5.75 Å². The fraction of sp³-hybridized carbons (Fsp3) is 0.455. The van der Waals surface area contributed by atoms with Gasteiger partial charge < -0.3 is 9.64 Å². The van der Waals surface area contributed by atoms with Gasteiger partial charge in [0, 0.05) is 12.1 Å². The Bertz CT molecular complexity index is 421. The Labute approximate surface area is 109 Å². The maximum atomic E-state index is 11.0. The Morgan fingerprint density at radius 2 is 2.12 bits per heavy atom. The molecule has 0 aromatic heterocycles. The molecule has 0 saturated heterocycles. The van der Waals surface area contributed by atoms with Crippen molar-refractivity contribution < 1.29 is 9.66 Å². The fourth-order valence-corrected chi connectivity index (χ4v) is 1.77. The van der Waals surface area contributed by atoms with Crippen LogP contribution in [0.2, 0.25) is 0 Å². The highest BCUT2D eigenvalue weighted by Gasteiger charge is 2.21. The minimum Gasteiger partial charge on any atom is -0.485 e. The van der Waals surface area contributed by atoms with Gasteiger partial charge in [0.05, 0.1) is 9.40 Å². The molecule has 0 fully saturated rings. The lowest BCUT2D eigenvalue weighted by Crippen LogP contribution is -2.19. The normalized spacial score (nSPS) is 10.6. The molecule has 0 heterocycles. The molecule has 94 valence electrons. The Kier molecular flexibility index (Phi) is 4.89. The predicted octanol–water partition coefficient (Wildman–Crippen LogP) is 2.61. The van der Waals surface area contributed by atoms with Crippen LogP contribution < -0.4 is 4.74 Å². The summed E-state index contributed by atoms with van der Waals surface area (Å²) in [6.07, 6.45) is 0. The topological polar surface area (TPSA) is 55.6 Å². The van der Waals surface area contributed by atoms with Gasteiger partial charge in [0.2, 0.25) is 5.75 Å². The second kappa shape index (κ2) is 5.97. The monoisotopic (exact) mass is 302 g/mol. The van der Waals surface area contributed by atoms with E-state index in [1.165, 1.54) is 0 Å². The molecule has 0 amide bonds. The lowest BCUT2D eigenvalue weighted by atomic mass is 10.2.